The molecule has 0 aliphatic carbocycles. The number of aromatic amines is 1. The third kappa shape index (κ3) is 4.15. The van der Waals surface area contributed by atoms with E-state index in [9.17, 15) is 4.79 Å². The molecular weight excluding hydrogens is 344 g/mol. The summed E-state index contributed by atoms with van der Waals surface area (Å²) in [7, 11) is 1.62. The molecule has 0 aliphatic heterocycles. The van der Waals surface area contributed by atoms with Gasteiger partial charge in [-0.05, 0) is 17.5 Å². The highest BCUT2D eigenvalue weighted by atomic mass is 32.2. The Morgan fingerprint density at radius 1 is 1.33 bits per heavy atom. The van der Waals surface area contributed by atoms with E-state index in [1.165, 1.54) is 11.8 Å². The Labute approximate surface area is 147 Å². The lowest BCUT2D eigenvalue weighted by atomic mass is 10.2. The van der Waals surface area contributed by atoms with E-state index in [-0.39, 0.29) is 11.7 Å². The predicted octanol–water partition coefficient (Wildman–Crippen LogP) is 2.95. The van der Waals surface area contributed by atoms with E-state index in [1.807, 2.05) is 41.8 Å². The van der Waals surface area contributed by atoms with E-state index < -0.39 is 0 Å². The lowest BCUT2D eigenvalue weighted by molar-refractivity contribution is -0.118. The predicted molar refractivity (Wildman–Crippen MR) is 95.3 cm³/mol. The van der Waals surface area contributed by atoms with Crippen LogP contribution in [0.5, 0.6) is 5.75 Å². The highest BCUT2D eigenvalue weighted by Crippen LogP contribution is 2.23. The first-order valence-electron chi connectivity index (χ1n) is 7.24. The summed E-state index contributed by atoms with van der Waals surface area (Å²) in [5, 5.41) is 12.4. The topological polar surface area (TPSA) is 79.9 Å². The van der Waals surface area contributed by atoms with Crippen molar-refractivity contribution in [3.05, 3.63) is 47.3 Å². The maximum atomic E-state index is 12.0. The van der Waals surface area contributed by atoms with Gasteiger partial charge in [0.15, 0.2) is 5.82 Å². The van der Waals surface area contributed by atoms with Gasteiger partial charge in [0.25, 0.3) is 0 Å². The number of methoxy groups -OCH3 is 1. The minimum Gasteiger partial charge on any atom is -0.496 e. The molecule has 1 amide bonds. The Hall–Kier alpha value is -2.32. The zero-order valence-electron chi connectivity index (χ0n) is 13.0. The molecule has 0 atom stereocenters. The van der Waals surface area contributed by atoms with Gasteiger partial charge in [-0.3, -0.25) is 9.89 Å². The quantitative estimate of drug-likeness (QED) is 0.633. The van der Waals surface area contributed by atoms with Crippen molar-refractivity contribution in [1.82, 2.24) is 20.5 Å². The van der Waals surface area contributed by atoms with Gasteiger partial charge in [-0.15, -0.1) is 16.4 Å². The molecule has 124 valence electrons. The summed E-state index contributed by atoms with van der Waals surface area (Å²) >= 11 is 2.89. The van der Waals surface area contributed by atoms with E-state index in [2.05, 4.69) is 20.5 Å². The second-order valence-corrected chi connectivity index (χ2v) is 6.71. The summed E-state index contributed by atoms with van der Waals surface area (Å²) in [5.74, 6) is 1.67. The molecule has 0 spiro atoms. The Morgan fingerprint density at radius 2 is 2.21 bits per heavy atom. The molecule has 0 unspecified atom stereocenters. The van der Waals surface area contributed by atoms with Crippen LogP contribution in [0.3, 0.4) is 0 Å². The van der Waals surface area contributed by atoms with Crippen molar-refractivity contribution in [2.75, 3.05) is 12.9 Å². The average molecular weight is 360 g/mol. The number of hydrogen-bond donors (Lipinski definition) is 2. The molecule has 6 nitrogen and oxygen atoms in total. The molecule has 3 rings (SSSR count). The van der Waals surface area contributed by atoms with Crippen molar-refractivity contribution >= 4 is 29.0 Å². The number of nitrogens with one attached hydrogen (secondary N) is 2. The number of thioether (sulfide) groups is 1. The maximum Gasteiger partial charge on any atom is 0.230 e. The zero-order valence-corrected chi connectivity index (χ0v) is 14.6. The lowest BCUT2D eigenvalue weighted by Crippen LogP contribution is -2.24. The van der Waals surface area contributed by atoms with Gasteiger partial charge in [0.1, 0.15) is 5.75 Å². The molecule has 0 saturated heterocycles. The molecule has 8 heteroatoms. The third-order valence-corrected chi connectivity index (χ3v) is 4.94. The van der Waals surface area contributed by atoms with Gasteiger partial charge in [-0.25, -0.2) is 4.98 Å². The number of H-pyrrole nitrogens is 1. The summed E-state index contributed by atoms with van der Waals surface area (Å²) in [5.41, 5.74) is 0.941. The van der Waals surface area contributed by atoms with Crippen LogP contribution in [-0.4, -0.2) is 34.0 Å². The molecule has 0 radical (unpaired) electrons. The van der Waals surface area contributed by atoms with Crippen LogP contribution >= 0.6 is 23.1 Å². The fourth-order valence-corrected chi connectivity index (χ4v) is 3.35. The molecule has 2 heterocycles. The monoisotopic (exact) mass is 360 g/mol. The molecule has 1 aromatic carbocycles. The largest absolute Gasteiger partial charge is 0.496 e. The molecule has 0 saturated carbocycles. The number of hydrogen-bond acceptors (Lipinski definition) is 6. The molecule has 2 N–H and O–H groups in total. The number of carbonyl (C=O) groups excluding carboxylic acids is 1. The Bertz CT molecular complexity index is 802. The molecule has 3 aromatic rings. The number of benzene rings is 1. The van der Waals surface area contributed by atoms with Crippen LogP contribution in [0.25, 0.3) is 10.7 Å². The molecule has 2 aromatic heterocycles. The smallest absolute Gasteiger partial charge is 0.230 e. The molecule has 0 bridgehead atoms. The molecule has 0 fully saturated rings. The van der Waals surface area contributed by atoms with Gasteiger partial charge in [0.2, 0.25) is 11.1 Å². The second kappa shape index (κ2) is 7.98. The molecule has 0 aliphatic rings. The molecule has 24 heavy (non-hydrogen) atoms. The second-order valence-electron chi connectivity index (χ2n) is 4.82. The van der Waals surface area contributed by atoms with Crippen LogP contribution < -0.4 is 10.1 Å². The summed E-state index contributed by atoms with van der Waals surface area (Å²) in [4.78, 5) is 17.4. The first-order valence-corrected chi connectivity index (χ1v) is 9.10. The number of carbonyl (C=O) groups is 1. The fraction of sp³-hybridized carbons (Fsp3) is 0.188. The average Bonchev–Trinajstić information content (AvgIpc) is 3.29. The fourth-order valence-electron chi connectivity index (χ4n) is 2.06. The third-order valence-electron chi connectivity index (χ3n) is 3.22. The minimum absolute atomic E-state index is 0.0756. The van der Waals surface area contributed by atoms with Crippen molar-refractivity contribution < 1.29 is 9.53 Å². The highest BCUT2D eigenvalue weighted by molar-refractivity contribution is 7.99. The van der Waals surface area contributed by atoms with Gasteiger partial charge >= 0.3 is 0 Å². The number of amides is 1. The van der Waals surface area contributed by atoms with Crippen LogP contribution in [0.4, 0.5) is 0 Å². The number of nitrogens with zero attached hydrogens (tertiary/aromatic N) is 2. The number of aromatic nitrogens is 3. The van der Waals surface area contributed by atoms with Crippen LogP contribution in [0.2, 0.25) is 0 Å². The van der Waals surface area contributed by atoms with Crippen molar-refractivity contribution in [2.45, 2.75) is 11.7 Å². The van der Waals surface area contributed by atoms with E-state index in [0.29, 0.717) is 11.7 Å². The maximum absolute atomic E-state index is 12.0. The van der Waals surface area contributed by atoms with Crippen LogP contribution in [0.15, 0.2) is 46.9 Å². The zero-order chi connectivity index (χ0) is 16.8. The van der Waals surface area contributed by atoms with Crippen LogP contribution in [0.1, 0.15) is 5.56 Å². The number of para-hydroxylation sites is 1. The van der Waals surface area contributed by atoms with Gasteiger partial charge < -0.3 is 10.1 Å². The van der Waals surface area contributed by atoms with Gasteiger partial charge in [0, 0.05) is 12.1 Å². The number of rotatable bonds is 7. The number of ether oxygens (including phenoxy) is 1. The Kier molecular flexibility index (Phi) is 5.50. The van der Waals surface area contributed by atoms with E-state index >= 15 is 0 Å². The first kappa shape index (κ1) is 16.5. The first-order chi connectivity index (χ1) is 11.8. The van der Waals surface area contributed by atoms with Crippen molar-refractivity contribution in [3.8, 4) is 16.5 Å². The highest BCUT2D eigenvalue weighted by Gasteiger charge is 2.10. The van der Waals surface area contributed by atoms with Crippen LogP contribution in [0, 0.1) is 0 Å². The van der Waals surface area contributed by atoms with Gasteiger partial charge in [0.05, 0.1) is 17.7 Å². The standard InChI is InChI=1S/C16H16N4O2S2/c1-22-12-6-3-2-5-11(12)9-17-14(21)10-24-16-18-15(19-20-16)13-7-4-8-23-13/h2-8H,9-10H2,1H3,(H,17,21)(H,18,19,20). The SMILES string of the molecule is COc1ccccc1CNC(=O)CSc1n[nH]c(-c2cccs2)n1. The van der Waals surface area contributed by atoms with E-state index in [1.54, 1.807) is 18.4 Å². The summed E-state index contributed by atoms with van der Waals surface area (Å²) < 4.78 is 5.27. The van der Waals surface area contributed by atoms with Gasteiger partial charge in [-0.1, -0.05) is 36.0 Å². The Balaban J connectivity index is 1.49. The lowest BCUT2D eigenvalue weighted by Gasteiger charge is -2.08. The van der Waals surface area contributed by atoms with Crippen LogP contribution in [-0.2, 0) is 11.3 Å². The van der Waals surface area contributed by atoms with Gasteiger partial charge in [-0.2, -0.15) is 0 Å². The van der Waals surface area contributed by atoms with Crippen molar-refractivity contribution in [1.29, 1.82) is 0 Å². The van der Waals surface area contributed by atoms with Crippen molar-refractivity contribution in [2.24, 2.45) is 0 Å². The van der Waals surface area contributed by atoms with E-state index in [0.717, 1.165) is 22.0 Å². The Morgan fingerprint density at radius 3 is 3.00 bits per heavy atom. The molecular formula is C16H16N4O2S2. The summed E-state index contributed by atoms with van der Waals surface area (Å²) in [6, 6.07) is 11.5. The minimum atomic E-state index is -0.0756. The summed E-state index contributed by atoms with van der Waals surface area (Å²) in [6.45, 7) is 0.428. The normalized spacial score (nSPS) is 10.5. The number of thiophene rings is 1. The summed E-state index contributed by atoms with van der Waals surface area (Å²) in [6.07, 6.45) is 0. The van der Waals surface area contributed by atoms with Crippen molar-refractivity contribution in [3.63, 3.8) is 0 Å². The van der Waals surface area contributed by atoms with E-state index in [4.69, 9.17) is 4.74 Å².